The van der Waals surface area contributed by atoms with Crippen molar-refractivity contribution in [2.75, 3.05) is 0 Å². The van der Waals surface area contributed by atoms with Crippen molar-refractivity contribution >= 4 is 30.4 Å². The quantitative estimate of drug-likeness (QED) is 0.420. The molecule has 0 aromatic rings. The molecule has 0 aliphatic carbocycles. The molecular weight excluding hydrogens is 245 g/mol. The molecule has 0 unspecified atom stereocenters. The van der Waals surface area contributed by atoms with E-state index < -0.39 is 13.4 Å². The number of rotatable bonds is 0. The second kappa shape index (κ2) is 5.69. The van der Waals surface area contributed by atoms with Crippen LogP contribution in [0, 0.1) is 0 Å². The van der Waals surface area contributed by atoms with Crippen LogP contribution in [0.1, 0.15) is 1.43 Å². The van der Waals surface area contributed by atoms with Gasteiger partial charge in [0.25, 0.3) is 0 Å². The Morgan fingerprint density at radius 3 is 1.29 bits per heavy atom. The Kier molecular flexibility index (Phi) is 12.9. The Hall–Kier alpha value is 1.56. The average Bonchev–Trinajstić information content (AvgIpc) is 0.722. The van der Waals surface area contributed by atoms with Crippen molar-refractivity contribution in [1.82, 2.24) is 0 Å². The number of hydrogen-bond donors (Lipinski definition) is 2. The van der Waals surface area contributed by atoms with Gasteiger partial charge in [-0.1, -0.05) is 0 Å². The van der Waals surface area contributed by atoms with Crippen molar-refractivity contribution in [2.24, 2.45) is 0 Å². The average molecular weight is 250 g/mol. The van der Waals surface area contributed by atoms with E-state index in [0.717, 1.165) is 0 Å². The van der Waals surface area contributed by atoms with E-state index in [2.05, 4.69) is 0 Å². The fourth-order valence-electron chi connectivity index (χ4n) is 0. The maximum absolute atomic E-state index is 8.82. The minimum absolute atomic E-state index is 0. The van der Waals surface area contributed by atoms with Crippen LogP contribution in [-0.4, -0.2) is 38.8 Å². The van der Waals surface area contributed by atoms with Gasteiger partial charge in [0.1, 0.15) is 0 Å². The summed E-state index contributed by atoms with van der Waals surface area (Å²) < 4.78 is 31.9. The van der Waals surface area contributed by atoms with Crippen LogP contribution in [-0.2, 0) is 7.67 Å². The molecule has 0 aliphatic heterocycles. The van der Waals surface area contributed by atoms with Crippen LogP contribution in [0.15, 0.2) is 0 Å². The third-order valence-corrected chi connectivity index (χ3v) is 0. The van der Waals surface area contributed by atoms with Crippen molar-refractivity contribution in [3.63, 3.8) is 0 Å². The molecule has 7 heteroatoms. The van der Waals surface area contributed by atoms with Gasteiger partial charge in [-0.25, -0.2) is 0 Å². The zero-order valence-corrected chi connectivity index (χ0v) is 9.43. The van der Waals surface area contributed by atoms with Crippen LogP contribution < -0.4 is 29.6 Å². The van der Waals surface area contributed by atoms with Crippen molar-refractivity contribution in [2.45, 2.75) is 0 Å². The standard InChI is InChI=1S/Na.H2O4Se.H2Se.H/c;1-5(2,3)4;;/h;(H2,1,2,3,4);1H2;/q+1;;;-1. The van der Waals surface area contributed by atoms with E-state index in [0.29, 0.717) is 0 Å². The van der Waals surface area contributed by atoms with Crippen molar-refractivity contribution in [1.29, 1.82) is 0 Å². The first-order chi connectivity index (χ1) is 2.00. The van der Waals surface area contributed by atoms with Gasteiger partial charge in [0.05, 0.1) is 0 Å². The summed E-state index contributed by atoms with van der Waals surface area (Å²) in [5, 5.41) is 0. The molecule has 0 fully saturated rings. The van der Waals surface area contributed by atoms with Gasteiger partial charge in [-0.05, 0) is 0 Å². The van der Waals surface area contributed by atoms with E-state index in [4.69, 9.17) is 16.0 Å². The zero-order valence-electron chi connectivity index (χ0n) is 4.62. The maximum atomic E-state index is 8.82. The first-order valence-electron chi connectivity index (χ1n) is 0.698. The van der Waals surface area contributed by atoms with Gasteiger partial charge in [-0.3, -0.25) is 0 Å². The van der Waals surface area contributed by atoms with Gasteiger partial charge >= 0.3 is 76.0 Å². The van der Waals surface area contributed by atoms with Crippen LogP contribution in [0.2, 0.25) is 0 Å². The van der Waals surface area contributed by atoms with Crippen LogP contribution >= 0.6 is 0 Å². The molecule has 0 aromatic heterocycles. The van der Waals surface area contributed by atoms with Crippen LogP contribution in [0.25, 0.3) is 0 Å². The summed E-state index contributed by atoms with van der Waals surface area (Å²) in [6, 6.07) is 0. The van der Waals surface area contributed by atoms with Crippen LogP contribution in [0.5, 0.6) is 0 Å². The minimum atomic E-state index is -5.25. The summed E-state index contributed by atoms with van der Waals surface area (Å²) in [7, 11) is 0. The van der Waals surface area contributed by atoms with E-state index in [1.54, 1.807) is 0 Å². The molecule has 0 heterocycles. The molecule has 7 heavy (non-hydrogen) atoms. The SMILES string of the molecule is O=[Se](=O)(O)O.[H-].[Na+].[SeH2]. The summed E-state index contributed by atoms with van der Waals surface area (Å²) in [6.45, 7) is 0. The van der Waals surface area contributed by atoms with Gasteiger partial charge in [-0.2, -0.15) is 0 Å². The fraction of sp³-hybridized carbons (Fsp3) is 0. The summed E-state index contributed by atoms with van der Waals surface area (Å²) in [6.07, 6.45) is 0. The molecule has 0 rings (SSSR count). The van der Waals surface area contributed by atoms with E-state index in [9.17, 15) is 0 Å². The normalized spacial score (nSPS) is 8.29. The zero-order chi connectivity index (χ0) is 4.50. The predicted octanol–water partition coefficient (Wildman–Crippen LogP) is -5.53. The van der Waals surface area contributed by atoms with Gasteiger partial charge in [0.2, 0.25) is 0 Å². The van der Waals surface area contributed by atoms with E-state index in [1.165, 1.54) is 0 Å². The summed E-state index contributed by atoms with van der Waals surface area (Å²) >= 11 is -5.25. The van der Waals surface area contributed by atoms with E-state index in [1.807, 2.05) is 0 Å². The third kappa shape index (κ3) is 96.1. The number of hydrogen-bond acceptors (Lipinski definition) is 2. The molecule has 0 bridgehead atoms. The summed E-state index contributed by atoms with van der Waals surface area (Å²) in [4.78, 5) is 0. The molecular formula is H5NaO4Se2. The van der Waals surface area contributed by atoms with E-state index >= 15 is 0 Å². The molecule has 42 valence electrons. The monoisotopic (exact) mass is 252 g/mol. The molecule has 0 saturated carbocycles. The van der Waals surface area contributed by atoms with Crippen molar-refractivity contribution < 1.29 is 47.0 Å². The Morgan fingerprint density at radius 2 is 1.29 bits per heavy atom. The Bertz CT molecular complexity index is 97.2. The van der Waals surface area contributed by atoms with Gasteiger partial charge < -0.3 is 1.43 Å². The molecule has 4 nitrogen and oxygen atoms in total. The summed E-state index contributed by atoms with van der Waals surface area (Å²) in [5.41, 5.74) is 0. The predicted molar refractivity (Wildman–Crippen MR) is 21.2 cm³/mol. The Morgan fingerprint density at radius 1 is 1.29 bits per heavy atom. The van der Waals surface area contributed by atoms with Crippen molar-refractivity contribution in [3.05, 3.63) is 0 Å². The van der Waals surface area contributed by atoms with Crippen molar-refractivity contribution in [3.8, 4) is 0 Å². The first-order valence-corrected chi connectivity index (χ1v) is 3.63. The molecule has 0 saturated heterocycles. The molecule has 0 amide bonds. The molecule has 0 atom stereocenters. The molecule has 0 spiro atoms. The molecule has 0 aliphatic rings. The van der Waals surface area contributed by atoms with Gasteiger partial charge in [0, 0.05) is 0 Å². The molecule has 0 aromatic carbocycles. The van der Waals surface area contributed by atoms with Crippen LogP contribution in [0.4, 0.5) is 0 Å². The Balaban J connectivity index is -0.0000000267. The molecule has 0 radical (unpaired) electrons. The van der Waals surface area contributed by atoms with Gasteiger partial charge in [-0.15, -0.1) is 0 Å². The third-order valence-electron chi connectivity index (χ3n) is 0. The fourth-order valence-corrected chi connectivity index (χ4v) is 0. The first kappa shape index (κ1) is 15.8. The van der Waals surface area contributed by atoms with E-state index in [-0.39, 0.29) is 48.1 Å². The topological polar surface area (TPSA) is 74.6 Å². The molecule has 2 N–H and O–H groups in total. The summed E-state index contributed by atoms with van der Waals surface area (Å²) in [5.74, 6) is 0. The van der Waals surface area contributed by atoms with Crippen LogP contribution in [0.3, 0.4) is 0 Å². The Labute approximate surface area is 76.8 Å². The second-order valence-corrected chi connectivity index (χ2v) is 2.33. The van der Waals surface area contributed by atoms with Gasteiger partial charge in [0.15, 0.2) is 0 Å². The second-order valence-electron chi connectivity index (χ2n) is 0.448.